The van der Waals surface area contributed by atoms with Gasteiger partial charge in [-0.3, -0.25) is 4.68 Å². The third-order valence-electron chi connectivity index (χ3n) is 2.44. The first-order valence-corrected chi connectivity index (χ1v) is 5.28. The largest absolute Gasteiger partial charge is 0.319 e. The van der Waals surface area contributed by atoms with Crippen molar-refractivity contribution in [1.29, 1.82) is 0 Å². The monoisotopic (exact) mass is 253 g/mol. The minimum Gasteiger partial charge on any atom is -0.304 e. The molecule has 1 aromatic heterocycles. The Bertz CT molecular complexity index is 351. The molecule has 1 aromatic rings. The second-order valence-corrected chi connectivity index (χ2v) is 3.79. The molecule has 98 valence electrons. The quantitative estimate of drug-likeness (QED) is 0.789. The Kier molecular flexibility index (Phi) is 4.50. The molecule has 0 fully saturated rings. The van der Waals surface area contributed by atoms with Crippen molar-refractivity contribution < 1.29 is 17.6 Å². The van der Waals surface area contributed by atoms with E-state index in [1.165, 1.54) is 6.20 Å². The first-order valence-electron chi connectivity index (χ1n) is 5.28. The summed E-state index contributed by atoms with van der Waals surface area (Å²) in [4.78, 5) is 0. The average molecular weight is 253 g/mol. The fraction of sp³-hybridized carbons (Fsp3) is 0.700. The molecule has 7 heteroatoms. The van der Waals surface area contributed by atoms with Crippen molar-refractivity contribution in [3.05, 3.63) is 18.0 Å². The molecular formula is C10H15F4N3. The summed E-state index contributed by atoms with van der Waals surface area (Å²) in [5, 5.41) is 6.35. The fourth-order valence-electron chi connectivity index (χ4n) is 1.26. The molecule has 1 heterocycles. The maximum absolute atomic E-state index is 12.7. The zero-order valence-corrected chi connectivity index (χ0v) is 9.63. The van der Waals surface area contributed by atoms with Gasteiger partial charge in [-0.05, 0) is 13.8 Å². The van der Waals surface area contributed by atoms with Gasteiger partial charge in [-0.2, -0.15) is 13.9 Å². The number of alkyl halides is 4. The Morgan fingerprint density at radius 2 is 2.12 bits per heavy atom. The maximum Gasteiger partial charge on any atom is 0.319 e. The van der Waals surface area contributed by atoms with E-state index in [1.807, 2.05) is 6.92 Å². The van der Waals surface area contributed by atoms with Gasteiger partial charge in [0.1, 0.15) is 0 Å². The normalized spacial score (nSPS) is 14.3. The molecule has 1 atom stereocenters. The Hall–Kier alpha value is -1.11. The first-order chi connectivity index (χ1) is 7.86. The highest BCUT2D eigenvalue weighted by atomic mass is 19.3. The summed E-state index contributed by atoms with van der Waals surface area (Å²) in [6.07, 6.45) is -0.430. The summed E-state index contributed by atoms with van der Waals surface area (Å²) in [5.41, 5.74) is 0.692. The van der Waals surface area contributed by atoms with Crippen LogP contribution in [0.1, 0.15) is 25.5 Å². The zero-order chi connectivity index (χ0) is 13.1. The van der Waals surface area contributed by atoms with E-state index in [1.54, 1.807) is 17.8 Å². The lowest BCUT2D eigenvalue weighted by Crippen LogP contribution is -2.39. The highest BCUT2D eigenvalue weighted by molar-refractivity contribution is 5.09. The van der Waals surface area contributed by atoms with Crippen LogP contribution in [-0.4, -0.2) is 28.7 Å². The topological polar surface area (TPSA) is 29.9 Å². The molecule has 0 aliphatic heterocycles. The third-order valence-corrected chi connectivity index (χ3v) is 2.44. The van der Waals surface area contributed by atoms with Gasteiger partial charge in [0.05, 0.1) is 12.7 Å². The SMILES string of the molecule is CCn1cc(C(C)NCC(F)(F)C(F)F)cn1. The molecule has 1 rings (SSSR count). The van der Waals surface area contributed by atoms with E-state index in [-0.39, 0.29) is 0 Å². The number of aryl methyl sites for hydroxylation is 1. The van der Waals surface area contributed by atoms with Gasteiger partial charge in [0, 0.05) is 24.3 Å². The first kappa shape index (κ1) is 14.0. The number of aromatic nitrogens is 2. The molecule has 1 N–H and O–H groups in total. The van der Waals surface area contributed by atoms with Crippen molar-refractivity contribution in [3.8, 4) is 0 Å². The summed E-state index contributed by atoms with van der Waals surface area (Å²) in [5.74, 6) is -4.00. The van der Waals surface area contributed by atoms with Crippen LogP contribution in [0.4, 0.5) is 17.6 Å². The summed E-state index contributed by atoms with van der Waals surface area (Å²) < 4.78 is 50.8. The molecule has 0 spiro atoms. The molecule has 0 aliphatic carbocycles. The molecular weight excluding hydrogens is 238 g/mol. The van der Waals surface area contributed by atoms with Crippen LogP contribution in [0.2, 0.25) is 0 Å². The molecule has 0 bridgehead atoms. The summed E-state index contributed by atoms with van der Waals surface area (Å²) in [6, 6.07) is -0.445. The molecule has 0 aliphatic rings. The molecule has 0 saturated heterocycles. The fourth-order valence-corrected chi connectivity index (χ4v) is 1.26. The smallest absolute Gasteiger partial charge is 0.304 e. The van der Waals surface area contributed by atoms with Crippen molar-refractivity contribution in [2.24, 2.45) is 0 Å². The second-order valence-electron chi connectivity index (χ2n) is 3.79. The van der Waals surface area contributed by atoms with E-state index in [9.17, 15) is 17.6 Å². The molecule has 0 aromatic carbocycles. The van der Waals surface area contributed by atoms with Crippen LogP contribution in [0.25, 0.3) is 0 Å². The van der Waals surface area contributed by atoms with E-state index in [2.05, 4.69) is 10.4 Å². The van der Waals surface area contributed by atoms with Crippen molar-refractivity contribution in [2.75, 3.05) is 6.54 Å². The van der Waals surface area contributed by atoms with E-state index in [0.29, 0.717) is 12.1 Å². The lowest BCUT2D eigenvalue weighted by Gasteiger charge is -2.19. The predicted molar refractivity (Wildman–Crippen MR) is 55.3 cm³/mol. The number of rotatable bonds is 6. The molecule has 17 heavy (non-hydrogen) atoms. The van der Waals surface area contributed by atoms with Gasteiger partial charge >= 0.3 is 12.3 Å². The van der Waals surface area contributed by atoms with Gasteiger partial charge in [0.25, 0.3) is 0 Å². The maximum atomic E-state index is 12.7. The highest BCUT2D eigenvalue weighted by Gasteiger charge is 2.40. The van der Waals surface area contributed by atoms with Crippen LogP contribution in [0.3, 0.4) is 0 Å². The molecule has 0 saturated carbocycles. The van der Waals surface area contributed by atoms with Gasteiger partial charge in [-0.1, -0.05) is 0 Å². The molecule has 0 radical (unpaired) electrons. The van der Waals surface area contributed by atoms with Crippen LogP contribution in [0.5, 0.6) is 0 Å². The van der Waals surface area contributed by atoms with E-state index in [0.717, 1.165) is 0 Å². The number of nitrogens with zero attached hydrogens (tertiary/aromatic N) is 2. The van der Waals surface area contributed by atoms with Crippen molar-refractivity contribution in [1.82, 2.24) is 15.1 Å². The third kappa shape index (κ3) is 3.69. The number of hydrogen-bond acceptors (Lipinski definition) is 2. The van der Waals surface area contributed by atoms with Crippen molar-refractivity contribution in [2.45, 2.75) is 38.8 Å². The Morgan fingerprint density at radius 3 is 2.59 bits per heavy atom. The van der Waals surface area contributed by atoms with Crippen LogP contribution >= 0.6 is 0 Å². The van der Waals surface area contributed by atoms with Crippen LogP contribution in [0, 0.1) is 0 Å². The predicted octanol–water partition coefficient (Wildman–Crippen LogP) is 2.45. The van der Waals surface area contributed by atoms with Gasteiger partial charge < -0.3 is 5.32 Å². The van der Waals surface area contributed by atoms with Gasteiger partial charge in [0.2, 0.25) is 0 Å². The van der Waals surface area contributed by atoms with Gasteiger partial charge in [-0.15, -0.1) is 0 Å². The minimum atomic E-state index is -4.00. The van der Waals surface area contributed by atoms with Gasteiger partial charge in [-0.25, -0.2) is 8.78 Å². The molecule has 3 nitrogen and oxygen atoms in total. The lowest BCUT2D eigenvalue weighted by molar-refractivity contribution is -0.126. The highest BCUT2D eigenvalue weighted by Crippen LogP contribution is 2.23. The van der Waals surface area contributed by atoms with Crippen molar-refractivity contribution >= 4 is 0 Å². The average Bonchev–Trinajstić information content (AvgIpc) is 2.74. The minimum absolute atomic E-state index is 0.445. The van der Waals surface area contributed by atoms with Crippen LogP contribution < -0.4 is 5.32 Å². The number of halogens is 4. The number of hydrogen-bond donors (Lipinski definition) is 1. The summed E-state index contributed by atoms with van der Waals surface area (Å²) in [6.45, 7) is 3.13. The van der Waals surface area contributed by atoms with E-state index < -0.39 is 24.9 Å². The van der Waals surface area contributed by atoms with Crippen LogP contribution in [-0.2, 0) is 6.54 Å². The molecule has 1 unspecified atom stereocenters. The van der Waals surface area contributed by atoms with Crippen molar-refractivity contribution in [3.63, 3.8) is 0 Å². The Labute approximate surface area is 96.8 Å². The number of nitrogens with one attached hydrogen (secondary N) is 1. The molecule has 0 amide bonds. The zero-order valence-electron chi connectivity index (χ0n) is 9.63. The van der Waals surface area contributed by atoms with Gasteiger partial charge in [0.15, 0.2) is 0 Å². The van der Waals surface area contributed by atoms with E-state index >= 15 is 0 Å². The second kappa shape index (κ2) is 5.48. The van der Waals surface area contributed by atoms with E-state index in [4.69, 9.17) is 0 Å². The van der Waals surface area contributed by atoms with Crippen LogP contribution in [0.15, 0.2) is 12.4 Å². The lowest BCUT2D eigenvalue weighted by atomic mass is 10.2. The summed E-state index contributed by atoms with van der Waals surface area (Å²) in [7, 11) is 0. The Morgan fingerprint density at radius 1 is 1.47 bits per heavy atom. The standard InChI is InChI=1S/C10H15F4N3/c1-3-17-5-8(4-16-17)7(2)15-6-10(13,14)9(11)12/h4-5,7,9,15H,3,6H2,1-2H3. The summed E-state index contributed by atoms with van der Waals surface area (Å²) >= 11 is 0. The Balaban J connectivity index is 2.52.